The van der Waals surface area contributed by atoms with Crippen molar-refractivity contribution >= 4 is 29.3 Å². The molecule has 1 amide bonds. The highest BCUT2D eigenvalue weighted by Crippen LogP contribution is 2.28. The molecule has 0 unspecified atom stereocenters. The Kier molecular flexibility index (Phi) is 6.80. The topological polar surface area (TPSA) is 73.0 Å². The van der Waals surface area contributed by atoms with Crippen molar-refractivity contribution in [2.45, 2.75) is 37.7 Å². The van der Waals surface area contributed by atoms with Gasteiger partial charge in [-0.25, -0.2) is 0 Å². The molecule has 0 spiro atoms. The van der Waals surface area contributed by atoms with E-state index < -0.39 is 0 Å². The molecule has 0 aliphatic rings. The number of aromatic nitrogens is 3. The van der Waals surface area contributed by atoms with Crippen LogP contribution in [0.5, 0.6) is 0 Å². The summed E-state index contributed by atoms with van der Waals surface area (Å²) >= 11 is 7.39. The van der Waals surface area contributed by atoms with E-state index in [2.05, 4.69) is 29.4 Å². The summed E-state index contributed by atoms with van der Waals surface area (Å²) in [5.41, 5.74) is 0.896. The number of thioether (sulfide) groups is 1. The second kappa shape index (κ2) is 9.30. The lowest BCUT2D eigenvalue weighted by atomic mass is 10.2. The van der Waals surface area contributed by atoms with Crippen LogP contribution in [-0.2, 0) is 11.3 Å². The van der Waals surface area contributed by atoms with Crippen LogP contribution < -0.4 is 5.32 Å². The molecule has 0 aliphatic heterocycles. The van der Waals surface area contributed by atoms with Gasteiger partial charge in [-0.05, 0) is 49.2 Å². The Morgan fingerprint density at radius 3 is 2.61 bits per heavy atom. The van der Waals surface area contributed by atoms with Crippen LogP contribution >= 0.6 is 23.4 Å². The van der Waals surface area contributed by atoms with Gasteiger partial charge in [-0.1, -0.05) is 37.2 Å². The molecule has 0 bridgehead atoms. The first-order chi connectivity index (χ1) is 13.4. The number of halogens is 1. The van der Waals surface area contributed by atoms with Crippen molar-refractivity contribution in [2.24, 2.45) is 5.92 Å². The molecular formula is C20H23ClN4O2S. The van der Waals surface area contributed by atoms with Gasteiger partial charge < -0.3 is 9.73 Å². The highest BCUT2D eigenvalue weighted by atomic mass is 35.5. The predicted octanol–water partition coefficient (Wildman–Crippen LogP) is 4.49. The first-order valence-corrected chi connectivity index (χ1v) is 10.4. The van der Waals surface area contributed by atoms with E-state index >= 15 is 0 Å². The van der Waals surface area contributed by atoms with Crippen molar-refractivity contribution in [2.75, 3.05) is 6.54 Å². The maximum atomic E-state index is 12.4. The Bertz CT molecular complexity index is 907. The van der Waals surface area contributed by atoms with Gasteiger partial charge in [0.1, 0.15) is 5.76 Å². The fourth-order valence-electron chi connectivity index (χ4n) is 2.55. The summed E-state index contributed by atoms with van der Waals surface area (Å²) in [7, 11) is 0. The van der Waals surface area contributed by atoms with Crippen LogP contribution in [0.1, 0.15) is 26.5 Å². The molecule has 1 atom stereocenters. The molecule has 28 heavy (non-hydrogen) atoms. The molecule has 6 nitrogen and oxygen atoms in total. The summed E-state index contributed by atoms with van der Waals surface area (Å²) in [6.07, 6.45) is 1.64. The quantitative estimate of drug-likeness (QED) is 0.545. The summed E-state index contributed by atoms with van der Waals surface area (Å²) in [4.78, 5) is 12.4. The van der Waals surface area contributed by atoms with Crippen molar-refractivity contribution in [3.05, 3.63) is 53.4 Å². The summed E-state index contributed by atoms with van der Waals surface area (Å²) < 4.78 is 7.46. The first-order valence-electron chi connectivity index (χ1n) is 9.10. The van der Waals surface area contributed by atoms with E-state index in [1.807, 2.05) is 47.9 Å². The lowest BCUT2D eigenvalue weighted by molar-refractivity contribution is -0.120. The normalized spacial score (nSPS) is 12.3. The van der Waals surface area contributed by atoms with Crippen LogP contribution in [0.2, 0.25) is 5.02 Å². The number of carbonyl (C=O) groups excluding carboxylic acids is 1. The summed E-state index contributed by atoms with van der Waals surface area (Å²) in [6.45, 7) is 7.13. The number of rotatable bonds is 8. The van der Waals surface area contributed by atoms with E-state index in [0.29, 0.717) is 35.0 Å². The zero-order chi connectivity index (χ0) is 20.1. The number of carbonyl (C=O) groups is 1. The van der Waals surface area contributed by atoms with E-state index in [1.54, 1.807) is 6.26 Å². The third kappa shape index (κ3) is 5.17. The number of nitrogens with zero attached hydrogens (tertiary/aromatic N) is 3. The van der Waals surface area contributed by atoms with Crippen molar-refractivity contribution in [1.29, 1.82) is 0 Å². The van der Waals surface area contributed by atoms with Gasteiger partial charge in [0.2, 0.25) is 5.91 Å². The minimum Gasteiger partial charge on any atom is -0.467 e. The Labute approximate surface area is 173 Å². The van der Waals surface area contributed by atoms with Crippen LogP contribution in [-0.4, -0.2) is 32.5 Å². The van der Waals surface area contributed by atoms with Gasteiger partial charge in [0.15, 0.2) is 11.0 Å². The summed E-state index contributed by atoms with van der Waals surface area (Å²) in [5, 5.41) is 12.7. The van der Waals surface area contributed by atoms with Gasteiger partial charge in [0, 0.05) is 17.1 Å². The molecular weight excluding hydrogens is 396 g/mol. The average Bonchev–Trinajstić information content (AvgIpc) is 3.31. The van der Waals surface area contributed by atoms with Crippen molar-refractivity contribution < 1.29 is 9.21 Å². The van der Waals surface area contributed by atoms with Crippen molar-refractivity contribution in [1.82, 2.24) is 20.1 Å². The third-order valence-corrected chi connectivity index (χ3v) is 5.38. The fourth-order valence-corrected chi connectivity index (χ4v) is 3.55. The Balaban J connectivity index is 1.86. The van der Waals surface area contributed by atoms with E-state index in [4.69, 9.17) is 16.0 Å². The zero-order valence-corrected chi connectivity index (χ0v) is 17.6. The zero-order valence-electron chi connectivity index (χ0n) is 16.1. The number of nitrogens with one attached hydrogen (secondary N) is 1. The second-order valence-corrected chi connectivity index (χ2v) is 8.62. The average molecular weight is 419 g/mol. The molecule has 2 aromatic heterocycles. The van der Waals surface area contributed by atoms with Gasteiger partial charge >= 0.3 is 0 Å². The fraction of sp³-hybridized carbons (Fsp3) is 0.350. The SMILES string of the molecule is CC(C)CNC(=O)[C@H](C)Sc1nnc(-c2ccc(Cl)cc2)n1Cc1ccco1. The van der Waals surface area contributed by atoms with Crippen LogP contribution in [0, 0.1) is 5.92 Å². The van der Waals surface area contributed by atoms with Crippen molar-refractivity contribution in [3.63, 3.8) is 0 Å². The molecule has 0 radical (unpaired) electrons. The predicted molar refractivity (Wildman–Crippen MR) is 111 cm³/mol. The largest absolute Gasteiger partial charge is 0.467 e. The van der Waals surface area contributed by atoms with E-state index in [9.17, 15) is 4.79 Å². The Morgan fingerprint density at radius 1 is 1.21 bits per heavy atom. The standard InChI is InChI=1S/C20H23ClN4O2S/c1-13(2)11-22-19(26)14(3)28-20-24-23-18(15-6-8-16(21)9-7-15)25(20)12-17-5-4-10-27-17/h4-10,13-14H,11-12H2,1-3H3,(H,22,26)/t14-/m0/s1. The number of hydrogen-bond donors (Lipinski definition) is 1. The molecule has 3 aromatic rings. The molecule has 3 rings (SSSR count). The molecule has 2 heterocycles. The van der Waals surface area contributed by atoms with Crippen LogP contribution in [0.3, 0.4) is 0 Å². The number of hydrogen-bond acceptors (Lipinski definition) is 5. The van der Waals surface area contributed by atoms with Gasteiger partial charge in [0.05, 0.1) is 18.1 Å². The van der Waals surface area contributed by atoms with Gasteiger partial charge in [-0.15, -0.1) is 10.2 Å². The summed E-state index contributed by atoms with van der Waals surface area (Å²) in [6, 6.07) is 11.2. The number of furan rings is 1. The van der Waals surface area contributed by atoms with E-state index in [1.165, 1.54) is 11.8 Å². The molecule has 8 heteroatoms. The molecule has 0 saturated carbocycles. The van der Waals surface area contributed by atoms with Gasteiger partial charge in [-0.2, -0.15) is 0 Å². The van der Waals surface area contributed by atoms with Crippen molar-refractivity contribution in [3.8, 4) is 11.4 Å². The molecule has 0 fully saturated rings. The van der Waals surface area contributed by atoms with E-state index in [-0.39, 0.29) is 11.2 Å². The lowest BCUT2D eigenvalue weighted by Gasteiger charge is -2.14. The summed E-state index contributed by atoms with van der Waals surface area (Å²) in [5.74, 6) is 1.87. The molecule has 1 N–H and O–H groups in total. The van der Waals surface area contributed by atoms with E-state index in [0.717, 1.165) is 11.3 Å². The van der Waals surface area contributed by atoms with Gasteiger partial charge in [-0.3, -0.25) is 9.36 Å². The monoisotopic (exact) mass is 418 g/mol. The second-order valence-electron chi connectivity index (χ2n) is 6.88. The smallest absolute Gasteiger partial charge is 0.233 e. The van der Waals surface area contributed by atoms with Crippen LogP contribution in [0.25, 0.3) is 11.4 Å². The number of benzene rings is 1. The highest BCUT2D eigenvalue weighted by molar-refractivity contribution is 8.00. The third-order valence-electron chi connectivity index (χ3n) is 4.05. The first kappa shape index (κ1) is 20.5. The molecule has 0 saturated heterocycles. The lowest BCUT2D eigenvalue weighted by Crippen LogP contribution is -2.33. The Morgan fingerprint density at radius 2 is 1.96 bits per heavy atom. The Hall–Kier alpha value is -2.25. The minimum atomic E-state index is -0.295. The van der Waals surface area contributed by atoms with Gasteiger partial charge in [0.25, 0.3) is 0 Å². The van der Waals surface area contributed by atoms with Crippen LogP contribution in [0.4, 0.5) is 0 Å². The molecule has 1 aromatic carbocycles. The maximum Gasteiger partial charge on any atom is 0.233 e. The molecule has 0 aliphatic carbocycles. The highest BCUT2D eigenvalue weighted by Gasteiger charge is 2.21. The molecule has 148 valence electrons. The maximum absolute atomic E-state index is 12.4. The minimum absolute atomic E-state index is 0.0145. The number of amides is 1. The van der Waals surface area contributed by atoms with Crippen LogP contribution in [0.15, 0.2) is 52.2 Å².